The highest BCUT2D eigenvalue weighted by Crippen LogP contribution is 2.29. The first-order chi connectivity index (χ1) is 13.0. The molecule has 0 aromatic heterocycles. The van der Waals surface area contributed by atoms with Gasteiger partial charge in [0, 0.05) is 42.5 Å². The molecule has 0 bridgehead atoms. The lowest BCUT2D eigenvalue weighted by Gasteiger charge is -2.30. The van der Waals surface area contributed by atoms with Crippen LogP contribution in [-0.2, 0) is 4.79 Å². The van der Waals surface area contributed by atoms with Gasteiger partial charge >= 0.3 is 0 Å². The first kappa shape index (κ1) is 19.3. The Hall–Kier alpha value is -2.43. The number of aliphatic imine (C=N–C) groups is 1. The van der Waals surface area contributed by atoms with Gasteiger partial charge in [0.25, 0.3) is 5.91 Å². The van der Waals surface area contributed by atoms with E-state index < -0.39 is 0 Å². The Balaban J connectivity index is 1.57. The molecule has 0 spiro atoms. The maximum absolute atomic E-state index is 12.7. The fourth-order valence-electron chi connectivity index (χ4n) is 4.10. The number of rotatable bonds is 6. The molecule has 2 aliphatic heterocycles. The molecule has 1 saturated heterocycles. The molecule has 1 atom stereocenters. The lowest BCUT2D eigenvalue weighted by Crippen LogP contribution is -2.38. The van der Waals surface area contributed by atoms with Crippen molar-refractivity contribution in [2.45, 2.75) is 52.5 Å². The van der Waals surface area contributed by atoms with Crippen molar-refractivity contribution in [1.82, 2.24) is 10.2 Å². The van der Waals surface area contributed by atoms with Gasteiger partial charge in [-0.2, -0.15) is 0 Å². The van der Waals surface area contributed by atoms with E-state index in [1.165, 1.54) is 5.57 Å². The molecule has 1 fully saturated rings. The van der Waals surface area contributed by atoms with E-state index in [1.54, 1.807) is 0 Å². The smallest absolute Gasteiger partial charge is 0.251 e. The van der Waals surface area contributed by atoms with E-state index in [9.17, 15) is 9.59 Å². The number of allylic oxidation sites excluding steroid dienone is 2. The molecule has 1 aromatic rings. The van der Waals surface area contributed by atoms with Crippen molar-refractivity contribution in [3.8, 4) is 0 Å². The molecule has 27 heavy (non-hydrogen) atoms. The van der Waals surface area contributed by atoms with Crippen molar-refractivity contribution in [2.75, 3.05) is 13.1 Å². The largest absolute Gasteiger partial charge is 0.350 e. The molecule has 5 nitrogen and oxygen atoms in total. The van der Waals surface area contributed by atoms with Crippen LogP contribution in [0, 0.1) is 5.92 Å². The summed E-state index contributed by atoms with van der Waals surface area (Å²) in [7, 11) is 0. The molecule has 0 unspecified atom stereocenters. The molecule has 2 aliphatic rings. The van der Waals surface area contributed by atoms with E-state index in [0.29, 0.717) is 11.5 Å². The van der Waals surface area contributed by atoms with Gasteiger partial charge in [0.1, 0.15) is 0 Å². The second-order valence-electron chi connectivity index (χ2n) is 7.86. The van der Waals surface area contributed by atoms with Crippen LogP contribution in [0.15, 0.2) is 35.0 Å². The van der Waals surface area contributed by atoms with Crippen molar-refractivity contribution < 1.29 is 9.59 Å². The number of hydrogen-bond donors (Lipinski definition) is 1. The quantitative estimate of drug-likeness (QED) is 0.780. The average molecular weight is 367 g/mol. The Labute approximate surface area is 161 Å². The molecule has 1 aromatic carbocycles. The van der Waals surface area contributed by atoms with Crippen LogP contribution in [0.5, 0.6) is 0 Å². The zero-order chi connectivity index (χ0) is 19.4. The Kier molecular flexibility index (Phi) is 6.09. The molecule has 2 heterocycles. The van der Waals surface area contributed by atoms with Gasteiger partial charge in [-0.05, 0) is 69.2 Å². The molecule has 1 N–H and O–H groups in total. The molecule has 0 radical (unpaired) electrons. The Morgan fingerprint density at radius 3 is 2.70 bits per heavy atom. The topological polar surface area (TPSA) is 61.8 Å². The molecule has 0 saturated carbocycles. The van der Waals surface area contributed by atoms with Gasteiger partial charge in [0.05, 0.1) is 0 Å². The second kappa shape index (κ2) is 8.51. The third-order valence-corrected chi connectivity index (χ3v) is 5.56. The van der Waals surface area contributed by atoms with Crippen LogP contribution in [0.2, 0.25) is 0 Å². The number of hydrogen-bond acceptors (Lipinski definition) is 3. The number of piperidine rings is 1. The summed E-state index contributed by atoms with van der Waals surface area (Å²) in [5.74, 6) is 0.540. The number of amides is 2. The maximum atomic E-state index is 12.7. The SMILES string of the molecule is CC1=NC(C)=C(c2cccc(C(=O)N[C@@H](C)CC3CCN(C=O)CC3)c2)C1. The first-order valence-electron chi connectivity index (χ1n) is 9.81. The molecular formula is C22H29N3O2. The number of carbonyl (C=O) groups excluding carboxylic acids is 2. The van der Waals surface area contributed by atoms with Crippen molar-refractivity contribution in [1.29, 1.82) is 0 Å². The number of carbonyl (C=O) groups is 2. The van der Waals surface area contributed by atoms with Crippen LogP contribution in [0.4, 0.5) is 0 Å². The highest BCUT2D eigenvalue weighted by atomic mass is 16.1. The summed E-state index contributed by atoms with van der Waals surface area (Å²) in [6.07, 6.45) is 4.77. The predicted molar refractivity (Wildman–Crippen MR) is 109 cm³/mol. The van der Waals surface area contributed by atoms with Gasteiger partial charge in [0.15, 0.2) is 0 Å². The maximum Gasteiger partial charge on any atom is 0.251 e. The lowest BCUT2D eigenvalue weighted by molar-refractivity contribution is -0.119. The van der Waals surface area contributed by atoms with Gasteiger partial charge in [0.2, 0.25) is 6.41 Å². The zero-order valence-electron chi connectivity index (χ0n) is 16.5. The van der Waals surface area contributed by atoms with Crippen LogP contribution in [0.25, 0.3) is 5.57 Å². The summed E-state index contributed by atoms with van der Waals surface area (Å²) in [5, 5.41) is 3.14. The zero-order valence-corrected chi connectivity index (χ0v) is 16.5. The highest BCUT2D eigenvalue weighted by molar-refractivity contribution is 6.00. The highest BCUT2D eigenvalue weighted by Gasteiger charge is 2.21. The third-order valence-electron chi connectivity index (χ3n) is 5.56. The Morgan fingerprint density at radius 1 is 1.33 bits per heavy atom. The normalized spacial score (nSPS) is 19.1. The van der Waals surface area contributed by atoms with E-state index in [-0.39, 0.29) is 11.9 Å². The van der Waals surface area contributed by atoms with Crippen LogP contribution < -0.4 is 5.32 Å². The molecule has 0 aliphatic carbocycles. The Bertz CT molecular complexity index is 774. The van der Waals surface area contributed by atoms with Crippen molar-refractivity contribution in [2.24, 2.45) is 10.9 Å². The van der Waals surface area contributed by atoms with E-state index in [4.69, 9.17) is 0 Å². The van der Waals surface area contributed by atoms with Crippen molar-refractivity contribution in [3.05, 3.63) is 41.1 Å². The van der Waals surface area contributed by atoms with Crippen LogP contribution in [0.1, 0.15) is 62.4 Å². The number of nitrogens with zero attached hydrogens (tertiary/aromatic N) is 2. The van der Waals surface area contributed by atoms with Crippen LogP contribution in [0.3, 0.4) is 0 Å². The van der Waals surface area contributed by atoms with Gasteiger partial charge in [-0.15, -0.1) is 0 Å². The minimum Gasteiger partial charge on any atom is -0.350 e. The lowest BCUT2D eigenvalue weighted by atomic mass is 9.91. The van der Waals surface area contributed by atoms with E-state index in [0.717, 1.165) is 62.2 Å². The van der Waals surface area contributed by atoms with Gasteiger partial charge in [-0.3, -0.25) is 14.6 Å². The third kappa shape index (κ3) is 4.85. The summed E-state index contributed by atoms with van der Waals surface area (Å²) in [6.45, 7) is 7.78. The number of nitrogens with one attached hydrogen (secondary N) is 1. The number of likely N-dealkylation sites (tertiary alicyclic amines) is 1. The van der Waals surface area contributed by atoms with Gasteiger partial charge in [-0.1, -0.05) is 12.1 Å². The minimum absolute atomic E-state index is 0.0245. The summed E-state index contributed by atoms with van der Waals surface area (Å²) in [4.78, 5) is 29.9. The van der Waals surface area contributed by atoms with Crippen molar-refractivity contribution in [3.63, 3.8) is 0 Å². The summed E-state index contributed by atoms with van der Waals surface area (Å²) < 4.78 is 0. The van der Waals surface area contributed by atoms with Crippen molar-refractivity contribution >= 4 is 23.6 Å². The average Bonchev–Trinajstić information content (AvgIpc) is 3.00. The standard InChI is InChI=1S/C22H29N3O2/c1-15(11-18-7-9-25(14-26)10-8-18)24-22(27)20-6-4-5-19(13-20)21-12-16(2)23-17(21)3/h4-6,13-15,18H,7-12H2,1-3H3,(H,24,27)/t15-/m0/s1. The fraction of sp³-hybridized carbons (Fsp3) is 0.500. The molecular weight excluding hydrogens is 338 g/mol. The van der Waals surface area contributed by atoms with E-state index in [1.807, 2.05) is 43.0 Å². The number of benzene rings is 1. The summed E-state index contributed by atoms with van der Waals surface area (Å²) in [6, 6.07) is 7.95. The van der Waals surface area contributed by atoms with Crippen LogP contribution in [-0.4, -0.2) is 42.1 Å². The minimum atomic E-state index is -0.0245. The molecule has 2 amide bonds. The summed E-state index contributed by atoms with van der Waals surface area (Å²) >= 11 is 0. The predicted octanol–water partition coefficient (Wildman–Crippen LogP) is 3.66. The molecule has 3 rings (SSSR count). The van der Waals surface area contributed by atoms with E-state index in [2.05, 4.69) is 17.2 Å². The van der Waals surface area contributed by atoms with E-state index >= 15 is 0 Å². The molecule has 144 valence electrons. The summed E-state index contributed by atoms with van der Waals surface area (Å²) in [5.41, 5.74) is 5.14. The second-order valence-corrected chi connectivity index (χ2v) is 7.86. The molecule has 5 heteroatoms. The fourth-order valence-corrected chi connectivity index (χ4v) is 4.10. The van der Waals surface area contributed by atoms with Gasteiger partial charge < -0.3 is 10.2 Å². The Morgan fingerprint density at radius 2 is 2.07 bits per heavy atom. The van der Waals surface area contributed by atoms with Crippen LogP contribution >= 0.6 is 0 Å². The van der Waals surface area contributed by atoms with Gasteiger partial charge in [-0.25, -0.2) is 0 Å². The monoisotopic (exact) mass is 367 g/mol. The first-order valence-corrected chi connectivity index (χ1v) is 9.81.